The first-order valence-corrected chi connectivity index (χ1v) is 16.4. The van der Waals surface area contributed by atoms with Crippen LogP contribution in [0.25, 0.3) is 10.8 Å². The molecule has 46 heavy (non-hydrogen) atoms. The zero-order chi connectivity index (χ0) is 32.5. The molecule has 2 saturated heterocycles. The third-order valence-electron chi connectivity index (χ3n) is 7.83. The van der Waals surface area contributed by atoms with E-state index in [2.05, 4.69) is 21.0 Å². The second-order valence-corrected chi connectivity index (χ2v) is 13.4. The minimum absolute atomic E-state index is 0.0932. The molecule has 240 valence electrons. The first-order chi connectivity index (χ1) is 22.3. The summed E-state index contributed by atoms with van der Waals surface area (Å²) in [6.07, 6.45) is 0. The first-order valence-electron chi connectivity index (χ1n) is 14.5. The predicted octanol–water partition coefficient (Wildman–Crippen LogP) is 5.64. The lowest BCUT2D eigenvalue weighted by Gasteiger charge is -2.27. The number of benzene rings is 3. The highest BCUT2D eigenvalue weighted by atomic mass is 32.2. The van der Waals surface area contributed by atoms with Gasteiger partial charge in [-0.2, -0.15) is 0 Å². The number of nitrogens with zero attached hydrogens (tertiary/aromatic N) is 4. The van der Waals surface area contributed by atoms with E-state index >= 15 is 0 Å². The summed E-state index contributed by atoms with van der Waals surface area (Å²) in [5, 5.41) is 12.3. The minimum atomic E-state index is -0.358. The average molecular weight is 663 g/mol. The number of carbonyl (C=O) groups excluding carboxylic acids is 2. The van der Waals surface area contributed by atoms with Crippen molar-refractivity contribution in [1.29, 1.82) is 0 Å². The van der Waals surface area contributed by atoms with Crippen LogP contribution >= 0.6 is 23.5 Å². The van der Waals surface area contributed by atoms with Crippen LogP contribution in [0.4, 0.5) is 11.6 Å². The monoisotopic (exact) mass is 662 g/mol. The van der Waals surface area contributed by atoms with Crippen molar-refractivity contribution in [2.75, 3.05) is 39.3 Å². The molecule has 0 spiro atoms. The topological polar surface area (TPSA) is 127 Å². The molecule has 6 rings (SSSR count). The zero-order valence-corrected chi connectivity index (χ0v) is 27.8. The zero-order valence-electron chi connectivity index (χ0n) is 26.1. The van der Waals surface area contributed by atoms with Crippen LogP contribution in [-0.4, -0.2) is 71.0 Å². The SMILES string of the molecule is COc1ccc(C2SC(C)C(=O)N2Nc2nnc(NN3C(=O)C(C)SC3c3ccc(OC)c(OC)c3)c3ccccc23)cc1OC. The number of ether oxygens (including phenoxy) is 4. The normalized spacial score (nSPS) is 21.1. The van der Waals surface area contributed by atoms with Crippen LogP contribution in [0.2, 0.25) is 0 Å². The number of hydrazine groups is 2. The lowest BCUT2D eigenvalue weighted by molar-refractivity contribution is -0.129. The summed E-state index contributed by atoms with van der Waals surface area (Å²) in [7, 11) is 6.32. The van der Waals surface area contributed by atoms with Crippen LogP contribution in [0.15, 0.2) is 60.7 Å². The molecule has 2 fully saturated rings. The fourth-order valence-corrected chi connectivity index (χ4v) is 7.84. The summed E-state index contributed by atoms with van der Waals surface area (Å²) in [5.74, 6) is 2.97. The van der Waals surface area contributed by atoms with E-state index in [-0.39, 0.29) is 33.1 Å². The van der Waals surface area contributed by atoms with Crippen molar-refractivity contribution < 1.29 is 28.5 Å². The number of thioether (sulfide) groups is 2. The molecule has 4 unspecified atom stereocenters. The second-order valence-electron chi connectivity index (χ2n) is 10.6. The highest BCUT2D eigenvalue weighted by Gasteiger charge is 2.41. The smallest absolute Gasteiger partial charge is 0.255 e. The largest absolute Gasteiger partial charge is 0.493 e. The van der Waals surface area contributed by atoms with Gasteiger partial charge in [0, 0.05) is 10.8 Å². The second kappa shape index (κ2) is 13.0. The maximum atomic E-state index is 13.4. The molecular formula is C32H34N6O6S2. The van der Waals surface area contributed by atoms with Crippen molar-refractivity contribution in [3.05, 3.63) is 71.8 Å². The van der Waals surface area contributed by atoms with Gasteiger partial charge in [-0.25, -0.2) is 10.0 Å². The summed E-state index contributed by atoms with van der Waals surface area (Å²) in [5.41, 5.74) is 8.23. The molecule has 14 heteroatoms. The molecule has 12 nitrogen and oxygen atoms in total. The van der Waals surface area contributed by atoms with Gasteiger partial charge in [0.05, 0.1) is 38.9 Å². The van der Waals surface area contributed by atoms with E-state index in [0.29, 0.717) is 34.6 Å². The van der Waals surface area contributed by atoms with Crippen molar-refractivity contribution in [2.45, 2.75) is 35.1 Å². The summed E-state index contributed by atoms with van der Waals surface area (Å²) in [6, 6.07) is 18.8. The average Bonchev–Trinajstić information content (AvgIpc) is 3.53. The van der Waals surface area contributed by atoms with E-state index < -0.39 is 0 Å². The Morgan fingerprint density at radius 3 is 1.37 bits per heavy atom. The van der Waals surface area contributed by atoms with E-state index in [0.717, 1.165) is 21.9 Å². The molecule has 2 amide bonds. The number of anilines is 2. The van der Waals surface area contributed by atoms with Crippen molar-refractivity contribution >= 4 is 57.7 Å². The van der Waals surface area contributed by atoms with Gasteiger partial charge in [-0.15, -0.1) is 33.7 Å². The van der Waals surface area contributed by atoms with Crippen molar-refractivity contribution in [3.63, 3.8) is 0 Å². The molecule has 0 saturated carbocycles. The summed E-state index contributed by atoms with van der Waals surface area (Å²) < 4.78 is 21.8. The van der Waals surface area contributed by atoms with Gasteiger partial charge in [-0.05, 0) is 49.2 Å². The quantitative estimate of drug-likeness (QED) is 0.218. The van der Waals surface area contributed by atoms with E-state index in [1.165, 1.54) is 23.5 Å². The van der Waals surface area contributed by atoms with Crippen molar-refractivity contribution in [1.82, 2.24) is 20.2 Å². The molecule has 0 radical (unpaired) electrons. The summed E-state index contributed by atoms with van der Waals surface area (Å²) >= 11 is 3.03. The molecule has 3 heterocycles. The maximum absolute atomic E-state index is 13.4. The highest BCUT2D eigenvalue weighted by molar-refractivity contribution is 8.01. The Bertz CT molecular complexity index is 1670. The van der Waals surface area contributed by atoms with Crippen molar-refractivity contribution in [3.8, 4) is 23.0 Å². The molecular weight excluding hydrogens is 629 g/mol. The van der Waals surface area contributed by atoms with Gasteiger partial charge in [-0.1, -0.05) is 36.4 Å². The number of hydrogen-bond donors (Lipinski definition) is 2. The van der Waals surface area contributed by atoms with E-state index in [9.17, 15) is 9.59 Å². The lowest BCUT2D eigenvalue weighted by Crippen LogP contribution is -2.37. The van der Waals surface area contributed by atoms with Gasteiger partial charge >= 0.3 is 0 Å². The Labute approximate surface area is 275 Å². The number of carbonyl (C=O) groups is 2. The van der Waals surface area contributed by atoms with Gasteiger partial charge < -0.3 is 18.9 Å². The van der Waals surface area contributed by atoms with Crippen LogP contribution in [0.5, 0.6) is 23.0 Å². The molecule has 4 atom stereocenters. The number of aromatic nitrogens is 2. The molecule has 2 aliphatic heterocycles. The first kappa shape index (κ1) is 31.4. The van der Waals surface area contributed by atoms with E-state index in [1.54, 1.807) is 38.5 Å². The molecule has 3 aromatic carbocycles. The number of rotatable bonds is 10. The Morgan fingerprint density at radius 1 is 0.609 bits per heavy atom. The molecule has 4 aromatic rings. The number of fused-ring (bicyclic) bond motifs is 1. The molecule has 2 N–H and O–H groups in total. The standard InChI is InChI=1S/C32H34N6O6S2/c1-17-29(39)37(31(45-17)19-11-13-23(41-3)25(15-19)43-5)35-27-21-9-7-8-10-22(21)28(34-33-27)36-38-30(40)18(2)46-32(38)20-12-14-24(42-4)26(16-20)44-6/h7-18,31-32H,1-6H3,(H,33,35)(H,34,36). The molecule has 1 aromatic heterocycles. The summed E-state index contributed by atoms with van der Waals surface area (Å²) in [6.45, 7) is 3.75. The number of hydrogen-bond acceptors (Lipinski definition) is 12. The lowest BCUT2D eigenvalue weighted by atomic mass is 10.1. The van der Waals surface area contributed by atoms with Crippen LogP contribution < -0.4 is 29.8 Å². The number of amides is 2. The third-order valence-corrected chi connectivity index (χ3v) is 10.5. The molecule has 2 aliphatic rings. The van der Waals surface area contributed by atoms with E-state index in [1.807, 2.05) is 74.5 Å². The van der Waals surface area contributed by atoms with Gasteiger partial charge in [0.25, 0.3) is 11.8 Å². The van der Waals surface area contributed by atoms with Gasteiger partial charge in [0.1, 0.15) is 10.7 Å². The van der Waals surface area contributed by atoms with Gasteiger partial charge in [0.2, 0.25) is 0 Å². The van der Waals surface area contributed by atoms with E-state index in [4.69, 9.17) is 18.9 Å². The van der Waals surface area contributed by atoms with Crippen LogP contribution in [0, 0.1) is 0 Å². The minimum Gasteiger partial charge on any atom is -0.493 e. The Balaban J connectivity index is 1.32. The fourth-order valence-electron chi connectivity index (χ4n) is 5.44. The highest BCUT2D eigenvalue weighted by Crippen LogP contribution is 2.47. The Kier molecular flexibility index (Phi) is 8.91. The van der Waals surface area contributed by atoms with Crippen LogP contribution in [0.1, 0.15) is 35.7 Å². The van der Waals surface area contributed by atoms with Crippen LogP contribution in [0.3, 0.4) is 0 Å². The number of methoxy groups -OCH3 is 4. The van der Waals surface area contributed by atoms with Gasteiger partial charge in [0.15, 0.2) is 34.6 Å². The summed E-state index contributed by atoms with van der Waals surface area (Å²) in [4.78, 5) is 26.8. The molecule has 0 bridgehead atoms. The fraction of sp³-hybridized carbons (Fsp3) is 0.312. The number of nitrogens with one attached hydrogen (secondary N) is 2. The van der Waals surface area contributed by atoms with Crippen LogP contribution in [-0.2, 0) is 9.59 Å². The van der Waals surface area contributed by atoms with Gasteiger partial charge in [-0.3, -0.25) is 20.4 Å². The third kappa shape index (κ3) is 5.66. The molecule has 0 aliphatic carbocycles. The maximum Gasteiger partial charge on any atom is 0.255 e. The Hall–Kier alpha value is -4.56. The van der Waals surface area contributed by atoms with Crippen molar-refractivity contribution in [2.24, 2.45) is 0 Å². The Morgan fingerprint density at radius 2 is 1.00 bits per heavy atom. The predicted molar refractivity (Wildman–Crippen MR) is 179 cm³/mol.